The van der Waals surface area contributed by atoms with E-state index in [0.717, 1.165) is 11.4 Å². The van der Waals surface area contributed by atoms with Crippen LogP contribution >= 0.6 is 0 Å². The van der Waals surface area contributed by atoms with Crippen LogP contribution in [-0.4, -0.2) is 48.9 Å². The number of morpholine rings is 1. The van der Waals surface area contributed by atoms with Crippen molar-refractivity contribution >= 4 is 40.0 Å². The molecule has 9 heteroatoms. The number of nitrogens with zero attached hydrogens (tertiary/aromatic N) is 3. The van der Waals surface area contributed by atoms with Crippen molar-refractivity contribution in [3.05, 3.63) is 42.5 Å². The van der Waals surface area contributed by atoms with E-state index < -0.39 is 6.10 Å². The Morgan fingerprint density at radius 1 is 1.13 bits per heavy atom. The van der Waals surface area contributed by atoms with Gasteiger partial charge in [-0.15, -0.1) is 0 Å². The fraction of sp³-hybridized carbons (Fsp3) is 0.318. The van der Waals surface area contributed by atoms with E-state index in [-0.39, 0.29) is 30.3 Å². The van der Waals surface area contributed by atoms with Crippen molar-refractivity contribution in [1.29, 1.82) is 0 Å². The molecule has 160 valence electrons. The van der Waals surface area contributed by atoms with Crippen LogP contribution in [0.5, 0.6) is 5.75 Å². The highest BCUT2D eigenvalue weighted by Crippen LogP contribution is 2.32. The number of hydrogen-bond donors (Lipinski definition) is 1. The second kappa shape index (κ2) is 7.59. The quantitative estimate of drug-likeness (QED) is 0.687. The summed E-state index contributed by atoms with van der Waals surface area (Å²) in [5, 5.41) is 4.39. The summed E-state index contributed by atoms with van der Waals surface area (Å²) in [6.45, 7) is 3.12. The molecule has 3 aromatic rings. The zero-order valence-corrected chi connectivity index (χ0v) is 17.0. The molecule has 9 nitrogen and oxygen atoms in total. The number of anilines is 3. The van der Waals surface area contributed by atoms with E-state index in [0.29, 0.717) is 36.3 Å². The van der Waals surface area contributed by atoms with Crippen LogP contribution in [0.3, 0.4) is 0 Å². The fourth-order valence-electron chi connectivity index (χ4n) is 4.13. The number of amides is 2. The van der Waals surface area contributed by atoms with Gasteiger partial charge < -0.3 is 29.5 Å². The lowest BCUT2D eigenvalue weighted by Gasteiger charge is -2.28. The zero-order chi connectivity index (χ0) is 21.5. The predicted molar refractivity (Wildman–Crippen MR) is 114 cm³/mol. The number of aromatic nitrogens is 1. The minimum Gasteiger partial charge on any atom is -0.480 e. The van der Waals surface area contributed by atoms with Gasteiger partial charge in [0.15, 0.2) is 17.5 Å². The zero-order valence-electron chi connectivity index (χ0n) is 17.0. The third-order valence-electron chi connectivity index (χ3n) is 5.68. The minimum atomic E-state index is -0.603. The highest BCUT2D eigenvalue weighted by molar-refractivity contribution is 6.00. The Morgan fingerprint density at radius 2 is 1.90 bits per heavy atom. The summed E-state index contributed by atoms with van der Waals surface area (Å²) in [6.07, 6.45) is -0.0475. The Bertz CT molecular complexity index is 1140. The lowest BCUT2D eigenvalue weighted by molar-refractivity contribution is -0.125. The first-order valence-electron chi connectivity index (χ1n) is 10.1. The molecule has 2 fully saturated rings. The lowest BCUT2D eigenvalue weighted by atomic mass is 10.2. The normalized spacial score (nSPS) is 21.8. The number of carbonyl (C=O) groups excluding carboxylic acids is 2. The molecule has 0 saturated carbocycles. The van der Waals surface area contributed by atoms with Crippen LogP contribution in [0.25, 0.3) is 11.0 Å². The number of ether oxygens (including phenoxy) is 2. The largest absolute Gasteiger partial charge is 0.480 e. The summed E-state index contributed by atoms with van der Waals surface area (Å²) in [5.74, 6) is 0.646. The van der Waals surface area contributed by atoms with Gasteiger partial charge in [-0.3, -0.25) is 9.59 Å². The van der Waals surface area contributed by atoms with Crippen molar-refractivity contribution in [2.75, 3.05) is 35.3 Å². The second-order valence-electron chi connectivity index (χ2n) is 7.74. The summed E-state index contributed by atoms with van der Waals surface area (Å²) < 4.78 is 16.3. The van der Waals surface area contributed by atoms with Gasteiger partial charge in [0.1, 0.15) is 12.4 Å². The number of rotatable bonds is 4. The van der Waals surface area contributed by atoms with Gasteiger partial charge in [-0.1, -0.05) is 5.16 Å². The van der Waals surface area contributed by atoms with Crippen molar-refractivity contribution in [3.63, 3.8) is 0 Å². The molecule has 0 bridgehead atoms. The van der Waals surface area contributed by atoms with Crippen LogP contribution in [0.15, 0.2) is 47.0 Å². The summed E-state index contributed by atoms with van der Waals surface area (Å²) in [6, 6.07) is 12.6. The number of fused-ring (bicyclic) bond motifs is 1. The molecular formula is C22H22N4O5. The van der Waals surface area contributed by atoms with Crippen molar-refractivity contribution in [2.24, 2.45) is 0 Å². The Morgan fingerprint density at radius 3 is 2.68 bits per heavy atom. The van der Waals surface area contributed by atoms with Gasteiger partial charge in [0.2, 0.25) is 0 Å². The molecule has 2 aromatic carbocycles. The standard InChI is InChI=1S/C22H22N4O5/c1-13-10-19(30-16-6-7-18-17(11-16)21(23)24-31-18)22(28)26(13)15-4-2-14(3-5-15)25-8-9-29-12-20(25)27/h2-7,11,13,19H,8-10,12H2,1H3,(H2,23,24). The van der Waals surface area contributed by atoms with Crippen molar-refractivity contribution in [2.45, 2.75) is 25.5 Å². The molecule has 3 heterocycles. The highest BCUT2D eigenvalue weighted by Gasteiger charge is 2.39. The SMILES string of the molecule is CC1CC(Oc2ccc3onc(N)c3c2)C(=O)N1c1ccc(N2CCOCC2=O)cc1. The molecular weight excluding hydrogens is 400 g/mol. The average Bonchev–Trinajstić information content (AvgIpc) is 3.27. The summed E-state index contributed by atoms with van der Waals surface area (Å²) in [5.41, 5.74) is 7.94. The molecule has 2 aliphatic rings. The molecule has 31 heavy (non-hydrogen) atoms. The molecule has 2 atom stereocenters. The van der Waals surface area contributed by atoms with Crippen molar-refractivity contribution in [1.82, 2.24) is 5.16 Å². The number of nitrogen functional groups attached to an aromatic ring is 1. The van der Waals surface area contributed by atoms with Gasteiger partial charge in [-0.2, -0.15) is 0 Å². The average molecular weight is 422 g/mol. The molecule has 0 radical (unpaired) electrons. The van der Waals surface area contributed by atoms with Gasteiger partial charge >= 0.3 is 0 Å². The van der Waals surface area contributed by atoms with E-state index in [1.54, 1.807) is 28.0 Å². The number of nitrogens with two attached hydrogens (primary N) is 1. The highest BCUT2D eigenvalue weighted by atomic mass is 16.5. The molecule has 2 saturated heterocycles. The van der Waals surface area contributed by atoms with Crippen LogP contribution in [0, 0.1) is 0 Å². The summed E-state index contributed by atoms with van der Waals surface area (Å²) in [7, 11) is 0. The number of benzene rings is 2. The fourth-order valence-corrected chi connectivity index (χ4v) is 4.13. The first kappa shape index (κ1) is 19.4. The van der Waals surface area contributed by atoms with E-state index >= 15 is 0 Å². The van der Waals surface area contributed by atoms with Gasteiger partial charge in [-0.05, 0) is 49.4 Å². The molecule has 2 unspecified atom stereocenters. The van der Waals surface area contributed by atoms with Crippen LogP contribution < -0.4 is 20.3 Å². The summed E-state index contributed by atoms with van der Waals surface area (Å²) >= 11 is 0. The smallest absolute Gasteiger partial charge is 0.268 e. The van der Waals surface area contributed by atoms with E-state index in [9.17, 15) is 9.59 Å². The van der Waals surface area contributed by atoms with E-state index in [4.69, 9.17) is 19.7 Å². The molecule has 5 rings (SSSR count). The maximum atomic E-state index is 13.1. The van der Waals surface area contributed by atoms with Crippen LogP contribution in [0.4, 0.5) is 17.2 Å². The van der Waals surface area contributed by atoms with E-state index in [1.165, 1.54) is 0 Å². The van der Waals surface area contributed by atoms with Crippen LogP contribution in [0.2, 0.25) is 0 Å². The third-order valence-corrected chi connectivity index (χ3v) is 5.68. The minimum absolute atomic E-state index is 0.0299. The molecule has 1 aromatic heterocycles. The van der Waals surface area contributed by atoms with Crippen molar-refractivity contribution < 1.29 is 23.6 Å². The van der Waals surface area contributed by atoms with E-state index in [2.05, 4.69) is 5.16 Å². The molecule has 0 spiro atoms. The predicted octanol–water partition coefficient (Wildman–Crippen LogP) is 2.35. The topological polar surface area (TPSA) is 111 Å². The maximum absolute atomic E-state index is 13.1. The Kier molecular flexibility index (Phi) is 4.74. The van der Waals surface area contributed by atoms with Crippen molar-refractivity contribution in [3.8, 4) is 5.75 Å². The molecule has 0 aliphatic carbocycles. The Balaban J connectivity index is 1.33. The first-order valence-corrected chi connectivity index (χ1v) is 10.1. The maximum Gasteiger partial charge on any atom is 0.268 e. The Hall–Kier alpha value is -3.59. The van der Waals surface area contributed by atoms with Crippen LogP contribution in [0.1, 0.15) is 13.3 Å². The van der Waals surface area contributed by atoms with Gasteiger partial charge in [0.05, 0.1) is 12.0 Å². The molecule has 2 aliphatic heterocycles. The van der Waals surface area contributed by atoms with E-state index in [1.807, 2.05) is 31.2 Å². The van der Waals surface area contributed by atoms with Crippen LogP contribution in [-0.2, 0) is 14.3 Å². The number of carbonyl (C=O) groups is 2. The summed E-state index contributed by atoms with van der Waals surface area (Å²) in [4.78, 5) is 28.6. The number of hydrogen-bond acceptors (Lipinski definition) is 7. The first-order chi connectivity index (χ1) is 15.0. The van der Waals surface area contributed by atoms with Gasteiger partial charge in [-0.25, -0.2) is 0 Å². The monoisotopic (exact) mass is 422 g/mol. The lowest BCUT2D eigenvalue weighted by Crippen LogP contribution is -2.41. The molecule has 2 amide bonds. The second-order valence-corrected chi connectivity index (χ2v) is 7.74. The van der Waals surface area contributed by atoms with Gasteiger partial charge in [0.25, 0.3) is 11.8 Å². The van der Waals surface area contributed by atoms with Gasteiger partial charge in [0, 0.05) is 30.4 Å². The third kappa shape index (κ3) is 3.46. The Labute approximate surface area is 178 Å². The molecule has 2 N–H and O–H groups in total.